The predicted octanol–water partition coefficient (Wildman–Crippen LogP) is 2.46. The fourth-order valence-electron chi connectivity index (χ4n) is 1.16. The molecule has 0 unspecified atom stereocenters. The lowest BCUT2D eigenvalue weighted by molar-refractivity contribution is 0.0660. The van der Waals surface area contributed by atoms with Gasteiger partial charge in [-0.25, -0.2) is 4.79 Å². The number of halogens is 1. The molecule has 0 amide bonds. The summed E-state index contributed by atoms with van der Waals surface area (Å²) in [5, 5.41) is 8.56. The van der Waals surface area contributed by atoms with Crippen molar-refractivity contribution < 1.29 is 23.5 Å². The number of ketones is 1. The van der Waals surface area contributed by atoms with Gasteiger partial charge in [0.25, 0.3) is 0 Å². The molecule has 82 valence electrons. The van der Waals surface area contributed by atoms with Crippen molar-refractivity contribution in [2.45, 2.75) is 0 Å². The fraction of sp³-hybridized carbons (Fsp3) is 0. The number of rotatable bonds is 3. The lowest BCUT2D eigenvalue weighted by Crippen LogP contribution is -1.99. The van der Waals surface area contributed by atoms with Gasteiger partial charge in [-0.3, -0.25) is 4.79 Å². The Morgan fingerprint density at radius 1 is 1.19 bits per heavy atom. The smallest absolute Gasteiger partial charge is 0.371 e. The van der Waals surface area contributed by atoms with E-state index in [1.165, 1.54) is 24.5 Å². The third-order valence-electron chi connectivity index (χ3n) is 1.90. The van der Waals surface area contributed by atoms with Crippen LogP contribution >= 0.6 is 11.6 Å². The quantitative estimate of drug-likeness (QED) is 0.834. The number of carboxylic acid groups (broad SMARTS) is 1. The molecule has 0 aliphatic carbocycles. The Labute approximate surface area is 94.2 Å². The Hall–Kier alpha value is -2.01. The van der Waals surface area contributed by atoms with E-state index < -0.39 is 11.8 Å². The molecule has 0 aliphatic rings. The molecule has 0 bridgehead atoms. The lowest BCUT2D eigenvalue weighted by Gasteiger charge is -1.92. The molecule has 0 saturated heterocycles. The van der Waals surface area contributed by atoms with Gasteiger partial charge in [0.15, 0.2) is 5.76 Å². The van der Waals surface area contributed by atoms with E-state index in [9.17, 15) is 9.59 Å². The molecule has 0 atom stereocenters. The zero-order chi connectivity index (χ0) is 11.7. The number of carbonyl (C=O) groups excluding carboxylic acids is 1. The van der Waals surface area contributed by atoms with E-state index >= 15 is 0 Å². The largest absolute Gasteiger partial charge is 0.475 e. The number of carboxylic acids is 1. The molecule has 6 heteroatoms. The molecule has 0 aliphatic heterocycles. The van der Waals surface area contributed by atoms with Gasteiger partial charge in [-0.05, 0) is 29.8 Å². The minimum absolute atomic E-state index is 0.0572. The molecule has 0 spiro atoms. The van der Waals surface area contributed by atoms with Crippen molar-refractivity contribution >= 4 is 23.4 Å². The summed E-state index contributed by atoms with van der Waals surface area (Å²) in [4.78, 5) is 22.3. The average Bonchev–Trinajstić information content (AvgIpc) is 2.84. The van der Waals surface area contributed by atoms with Crippen LogP contribution in [0.3, 0.4) is 0 Å². The first-order valence-electron chi connectivity index (χ1n) is 4.20. The molecular weight excluding hydrogens is 236 g/mol. The molecule has 2 heterocycles. The molecule has 2 aromatic heterocycles. The Morgan fingerprint density at radius 2 is 1.88 bits per heavy atom. The maximum absolute atomic E-state index is 11.7. The highest BCUT2D eigenvalue weighted by Gasteiger charge is 2.20. The Bertz CT molecular complexity index is 551. The van der Waals surface area contributed by atoms with E-state index in [1.807, 2.05) is 0 Å². The average molecular weight is 241 g/mol. The number of hydrogen-bond acceptors (Lipinski definition) is 4. The van der Waals surface area contributed by atoms with Crippen molar-refractivity contribution in [2.24, 2.45) is 0 Å². The number of aromatic carboxylic acids is 1. The van der Waals surface area contributed by atoms with Crippen molar-refractivity contribution in [3.63, 3.8) is 0 Å². The number of carbonyl (C=O) groups is 2. The van der Waals surface area contributed by atoms with Crippen LogP contribution in [0.4, 0.5) is 0 Å². The van der Waals surface area contributed by atoms with Gasteiger partial charge in [0.2, 0.25) is 16.8 Å². The highest BCUT2D eigenvalue weighted by atomic mass is 35.5. The third kappa shape index (κ3) is 1.72. The standard InChI is InChI=1S/C10H5ClO5/c11-9-5(3-4-15-9)8(12)6-1-2-7(16-6)10(13)14/h1-4H,(H,13,14). The first-order chi connectivity index (χ1) is 7.59. The summed E-state index contributed by atoms with van der Waals surface area (Å²) in [6.45, 7) is 0. The second-order valence-corrected chi connectivity index (χ2v) is 3.25. The van der Waals surface area contributed by atoms with Crippen LogP contribution in [0, 0.1) is 0 Å². The van der Waals surface area contributed by atoms with Crippen molar-refractivity contribution in [1.82, 2.24) is 0 Å². The van der Waals surface area contributed by atoms with Crippen molar-refractivity contribution in [3.05, 3.63) is 46.8 Å². The van der Waals surface area contributed by atoms with Gasteiger partial charge in [0.1, 0.15) is 0 Å². The van der Waals surface area contributed by atoms with Crippen LogP contribution in [-0.2, 0) is 0 Å². The Morgan fingerprint density at radius 3 is 2.38 bits per heavy atom. The minimum atomic E-state index is -1.24. The molecule has 2 rings (SSSR count). The first-order valence-corrected chi connectivity index (χ1v) is 4.58. The molecule has 16 heavy (non-hydrogen) atoms. The van der Waals surface area contributed by atoms with Crippen molar-refractivity contribution in [1.29, 1.82) is 0 Å². The topological polar surface area (TPSA) is 80.6 Å². The summed E-state index contributed by atoms with van der Waals surface area (Å²) < 4.78 is 9.58. The third-order valence-corrected chi connectivity index (χ3v) is 2.20. The maximum atomic E-state index is 11.7. The van der Waals surface area contributed by atoms with E-state index in [0.717, 1.165) is 0 Å². The molecule has 5 nitrogen and oxygen atoms in total. The van der Waals surface area contributed by atoms with Crippen molar-refractivity contribution in [3.8, 4) is 0 Å². The van der Waals surface area contributed by atoms with Crippen LogP contribution in [0.25, 0.3) is 0 Å². The second-order valence-electron chi connectivity index (χ2n) is 2.91. The van der Waals surface area contributed by atoms with Gasteiger partial charge < -0.3 is 13.9 Å². The second kappa shape index (κ2) is 3.86. The van der Waals surface area contributed by atoms with Crippen molar-refractivity contribution in [2.75, 3.05) is 0 Å². The maximum Gasteiger partial charge on any atom is 0.371 e. The number of furan rings is 2. The summed E-state index contributed by atoms with van der Waals surface area (Å²) in [6.07, 6.45) is 1.26. The van der Waals surface area contributed by atoms with E-state index in [4.69, 9.17) is 25.5 Å². The first kappa shape index (κ1) is 10.5. The van der Waals surface area contributed by atoms with E-state index in [0.29, 0.717) is 0 Å². The van der Waals surface area contributed by atoms with Gasteiger partial charge in [-0.15, -0.1) is 0 Å². The Kier molecular flexibility index (Phi) is 2.54. The van der Waals surface area contributed by atoms with Gasteiger partial charge in [0, 0.05) is 0 Å². The van der Waals surface area contributed by atoms with Crippen LogP contribution in [0.2, 0.25) is 5.22 Å². The lowest BCUT2D eigenvalue weighted by atomic mass is 10.2. The van der Waals surface area contributed by atoms with Crippen LogP contribution in [0.15, 0.2) is 33.3 Å². The van der Waals surface area contributed by atoms with Crippen LogP contribution < -0.4 is 0 Å². The molecular formula is C10H5ClO5. The highest BCUT2D eigenvalue weighted by Crippen LogP contribution is 2.21. The Balaban J connectivity index is 2.35. The predicted molar refractivity (Wildman–Crippen MR) is 52.8 cm³/mol. The zero-order valence-electron chi connectivity index (χ0n) is 7.77. The SMILES string of the molecule is O=C(O)c1ccc(C(=O)c2ccoc2Cl)o1. The van der Waals surface area contributed by atoms with E-state index in [2.05, 4.69) is 0 Å². The summed E-state index contributed by atoms with van der Waals surface area (Å²) in [6, 6.07) is 3.85. The van der Waals surface area contributed by atoms with E-state index in [1.54, 1.807) is 0 Å². The highest BCUT2D eigenvalue weighted by molar-refractivity contribution is 6.33. The summed E-state index contributed by atoms with van der Waals surface area (Å²) in [7, 11) is 0. The van der Waals surface area contributed by atoms with Gasteiger partial charge in [-0.2, -0.15) is 0 Å². The van der Waals surface area contributed by atoms with E-state index in [-0.39, 0.29) is 22.3 Å². The zero-order valence-corrected chi connectivity index (χ0v) is 8.52. The molecule has 1 N–H and O–H groups in total. The summed E-state index contributed by atoms with van der Waals surface area (Å²) in [5.41, 5.74) is 0.132. The van der Waals surface area contributed by atoms with Crippen LogP contribution in [0.5, 0.6) is 0 Å². The van der Waals surface area contributed by atoms with Gasteiger partial charge in [-0.1, -0.05) is 0 Å². The minimum Gasteiger partial charge on any atom is -0.475 e. The molecule has 0 radical (unpaired) electrons. The van der Waals surface area contributed by atoms with Crippen LogP contribution in [0.1, 0.15) is 26.7 Å². The van der Waals surface area contributed by atoms with Gasteiger partial charge in [0.05, 0.1) is 11.8 Å². The summed E-state index contributed by atoms with van der Waals surface area (Å²) in [5.74, 6) is -2.16. The molecule has 0 aromatic carbocycles. The molecule has 0 fully saturated rings. The molecule has 0 saturated carbocycles. The molecule has 2 aromatic rings. The number of hydrogen-bond donors (Lipinski definition) is 1. The van der Waals surface area contributed by atoms with Crippen LogP contribution in [-0.4, -0.2) is 16.9 Å². The summed E-state index contributed by atoms with van der Waals surface area (Å²) >= 11 is 5.61. The normalized spacial score (nSPS) is 10.3. The van der Waals surface area contributed by atoms with Gasteiger partial charge >= 0.3 is 5.97 Å². The fourth-order valence-corrected chi connectivity index (χ4v) is 1.36. The monoisotopic (exact) mass is 240 g/mol.